The van der Waals surface area contributed by atoms with E-state index < -0.39 is 0 Å². The molecule has 7 aromatic rings. The second-order valence-electron chi connectivity index (χ2n) is 19.0. The van der Waals surface area contributed by atoms with Gasteiger partial charge in [0.25, 0.3) is 0 Å². The molecule has 0 fully saturated rings. The number of hydrogen-bond acceptors (Lipinski definition) is 6. The molecule has 0 radical (unpaired) electrons. The van der Waals surface area contributed by atoms with Crippen LogP contribution in [0.3, 0.4) is 0 Å². The molecule has 8 nitrogen and oxygen atoms in total. The molecule has 0 atom stereocenters. The number of carbonyl (C=O) groups excluding carboxylic acids is 4. The molecule has 4 aromatic carbocycles. The Morgan fingerprint density at radius 1 is 0.309 bits per heavy atom. The molecule has 8 heteroatoms. The third-order valence-electron chi connectivity index (χ3n) is 13.6. The average Bonchev–Trinajstić information content (AvgIpc) is 3.96. The van der Waals surface area contributed by atoms with Gasteiger partial charge in [-0.3, -0.25) is 19.2 Å². The Morgan fingerprint density at radius 2 is 0.574 bits per heavy atom. The van der Waals surface area contributed by atoms with Gasteiger partial charge in [-0.2, -0.15) is 0 Å². The van der Waals surface area contributed by atoms with Crippen LogP contribution in [0, 0.1) is 83.1 Å². The maximum Gasteiger partial charge on any atom is 0.152 e. The van der Waals surface area contributed by atoms with Crippen LogP contribution in [0.2, 0.25) is 0 Å². The van der Waals surface area contributed by atoms with Gasteiger partial charge >= 0.3 is 0 Å². The lowest BCUT2D eigenvalue weighted by atomic mass is 9.88. The van der Waals surface area contributed by atoms with Crippen molar-refractivity contribution in [2.75, 3.05) is 0 Å². The molecule has 338 valence electrons. The van der Waals surface area contributed by atoms with Gasteiger partial charge in [0.1, 0.15) is 0 Å². The van der Waals surface area contributed by atoms with Crippen LogP contribution in [-0.4, -0.2) is 45.1 Å². The number of aromatic nitrogens is 4. The van der Waals surface area contributed by atoms with Crippen LogP contribution in [0.5, 0.6) is 0 Å². The van der Waals surface area contributed by atoms with Crippen molar-refractivity contribution in [3.63, 3.8) is 0 Å². The summed E-state index contributed by atoms with van der Waals surface area (Å²) in [6.45, 7) is 24.4. The minimum atomic E-state index is 0.369. The molecule has 9 rings (SSSR count). The molecule has 2 aliphatic rings. The first-order valence-electron chi connectivity index (χ1n) is 22.9. The molecule has 0 amide bonds. The Balaban J connectivity index is 1.57. The average molecular weight is 895 g/mol. The second-order valence-corrected chi connectivity index (χ2v) is 19.0. The highest BCUT2D eigenvalue weighted by atomic mass is 16.1. The van der Waals surface area contributed by atoms with E-state index in [1.807, 2.05) is 107 Å². The Labute approximate surface area is 397 Å². The first-order valence-corrected chi connectivity index (χ1v) is 22.9. The van der Waals surface area contributed by atoms with Crippen LogP contribution in [0.1, 0.15) is 121 Å². The van der Waals surface area contributed by atoms with E-state index >= 15 is 0 Å². The number of fused-ring (bicyclic) bond motifs is 8. The number of aldehydes is 4. The molecular weight excluding hydrogens is 841 g/mol. The van der Waals surface area contributed by atoms with Crippen LogP contribution in [0.25, 0.3) is 66.6 Å². The quantitative estimate of drug-likeness (QED) is 0.146. The maximum atomic E-state index is 13.8. The van der Waals surface area contributed by atoms with Crippen molar-refractivity contribution < 1.29 is 19.2 Å². The van der Waals surface area contributed by atoms with Crippen molar-refractivity contribution in [2.24, 2.45) is 0 Å². The Hall–Kier alpha value is -7.84. The van der Waals surface area contributed by atoms with Crippen molar-refractivity contribution in [3.05, 3.63) is 185 Å². The number of allylic oxidation sites excluding steroid dienone is 2. The van der Waals surface area contributed by atoms with E-state index in [4.69, 9.17) is 9.97 Å². The summed E-state index contributed by atoms with van der Waals surface area (Å²) in [5, 5.41) is 0. The van der Waals surface area contributed by atoms with Crippen molar-refractivity contribution in [2.45, 2.75) is 83.1 Å². The minimum absolute atomic E-state index is 0.369. The van der Waals surface area contributed by atoms with Gasteiger partial charge < -0.3 is 9.97 Å². The molecule has 0 aliphatic carbocycles. The van der Waals surface area contributed by atoms with Crippen LogP contribution in [-0.2, 0) is 9.59 Å². The molecule has 2 N–H and O–H groups in total. The smallest absolute Gasteiger partial charge is 0.152 e. The molecule has 3 aromatic heterocycles. The Kier molecular flexibility index (Phi) is 11.4. The predicted molar refractivity (Wildman–Crippen MR) is 276 cm³/mol. The van der Waals surface area contributed by atoms with E-state index in [0.717, 1.165) is 114 Å². The summed E-state index contributed by atoms with van der Waals surface area (Å²) in [6.07, 6.45) is 3.43. The Bertz CT molecular complexity index is 3330. The zero-order valence-corrected chi connectivity index (χ0v) is 40.8. The lowest BCUT2D eigenvalue weighted by molar-refractivity contribution is -0.104. The summed E-state index contributed by atoms with van der Waals surface area (Å²) >= 11 is 0. The topological polar surface area (TPSA) is 126 Å². The summed E-state index contributed by atoms with van der Waals surface area (Å²) in [4.78, 5) is 72.8. The Morgan fingerprint density at radius 3 is 0.838 bits per heavy atom. The molecule has 68 heavy (non-hydrogen) atoms. The van der Waals surface area contributed by atoms with Gasteiger partial charge in [0.05, 0.1) is 45.0 Å². The molecule has 5 heterocycles. The summed E-state index contributed by atoms with van der Waals surface area (Å²) in [6, 6.07) is 24.2. The lowest BCUT2D eigenvalue weighted by Crippen LogP contribution is -1.97. The third kappa shape index (κ3) is 7.41. The largest absolute Gasteiger partial charge is 0.354 e. The number of rotatable bonds is 8. The number of benzene rings is 4. The normalized spacial score (nSPS) is 12.5. The molecular formula is C60H54N4O4. The third-order valence-corrected chi connectivity index (χ3v) is 13.6. The molecule has 8 bridgehead atoms. The number of nitrogens with zero attached hydrogens (tertiary/aromatic N) is 2. The first-order chi connectivity index (χ1) is 32.5. The summed E-state index contributed by atoms with van der Waals surface area (Å²) in [5.41, 5.74) is 23.5. The number of carbonyl (C=O) groups is 4. The molecule has 0 unspecified atom stereocenters. The second kappa shape index (κ2) is 17.1. The van der Waals surface area contributed by atoms with E-state index in [9.17, 15) is 19.2 Å². The van der Waals surface area contributed by atoms with E-state index in [-0.39, 0.29) is 0 Å². The van der Waals surface area contributed by atoms with Crippen LogP contribution in [0.4, 0.5) is 0 Å². The van der Waals surface area contributed by atoms with Crippen molar-refractivity contribution in [1.29, 1.82) is 0 Å². The van der Waals surface area contributed by atoms with Crippen molar-refractivity contribution in [1.82, 2.24) is 19.9 Å². The number of H-pyrrole nitrogens is 2. The highest BCUT2D eigenvalue weighted by Gasteiger charge is 2.29. The first kappa shape index (κ1) is 45.3. The lowest BCUT2D eigenvalue weighted by Gasteiger charge is -2.14. The standard InChI is InChI=1S/C60H54N4O4/c1-29-13-33(5)53(34(6)14-29)57-41(25-65)45-22-50-59(55-37(9)17-31(3)18-38(55)10)43(27-67)47(63-50)24-52-60(56-39(11)19-32(4)20-40(56)12)44(28-68)48(64-52)23-51-58(54-35(7)15-30(2)16-36(54)8)42(26-66)46(62-51)21-49(57)61-45/h13-28,61,64H,1-12H3. The van der Waals surface area contributed by atoms with E-state index in [0.29, 0.717) is 89.4 Å². The molecule has 0 spiro atoms. The number of aryl methyl sites for hydroxylation is 12. The number of nitrogens with one attached hydrogen (secondary N) is 2. The molecule has 0 saturated carbocycles. The monoisotopic (exact) mass is 894 g/mol. The van der Waals surface area contributed by atoms with Crippen molar-refractivity contribution >= 4 is 69.5 Å². The minimum Gasteiger partial charge on any atom is -0.354 e. The number of hydrogen-bond donors (Lipinski definition) is 2. The van der Waals surface area contributed by atoms with Crippen molar-refractivity contribution in [3.8, 4) is 22.3 Å². The summed E-state index contributed by atoms with van der Waals surface area (Å²) in [7, 11) is 0. The summed E-state index contributed by atoms with van der Waals surface area (Å²) in [5.74, 6) is 0. The van der Waals surface area contributed by atoms with Gasteiger partial charge in [-0.25, -0.2) is 9.97 Å². The van der Waals surface area contributed by atoms with Gasteiger partial charge in [0.15, 0.2) is 25.1 Å². The zero-order chi connectivity index (χ0) is 48.6. The van der Waals surface area contributed by atoms with Gasteiger partial charge in [-0.1, -0.05) is 70.8 Å². The maximum absolute atomic E-state index is 13.8. The fraction of sp³-hybridized carbons (Fsp3) is 0.200. The highest BCUT2D eigenvalue weighted by Crippen LogP contribution is 2.44. The SMILES string of the molecule is Cc1cc(C)c(C2=C(C=O)c3cc4[nH]c(cc5nc(cc6[nH]c(cc2n3)c(C=O)c6-c2c(C)cc(C)cc2C)C(C=O)=C5c2c(C)cc(C)cc2C)c(C=O)c4-c2c(C)cc(C)cc2C)c(C)c1. The van der Waals surface area contributed by atoms with E-state index in [2.05, 4.69) is 58.5 Å². The fourth-order valence-electron chi connectivity index (χ4n) is 11.4. The van der Waals surface area contributed by atoms with Gasteiger partial charge in [0, 0.05) is 44.4 Å². The van der Waals surface area contributed by atoms with E-state index in [1.165, 1.54) is 0 Å². The van der Waals surface area contributed by atoms with E-state index in [1.54, 1.807) is 0 Å². The highest BCUT2D eigenvalue weighted by molar-refractivity contribution is 6.23. The van der Waals surface area contributed by atoms with Crippen LogP contribution >= 0.6 is 0 Å². The molecule has 0 saturated heterocycles. The van der Waals surface area contributed by atoms with Crippen LogP contribution in [0.15, 0.2) is 72.8 Å². The fourth-order valence-corrected chi connectivity index (χ4v) is 11.4. The zero-order valence-electron chi connectivity index (χ0n) is 40.8. The number of aromatic amines is 2. The van der Waals surface area contributed by atoms with Gasteiger partial charge in [-0.15, -0.1) is 0 Å². The van der Waals surface area contributed by atoms with Gasteiger partial charge in [0.2, 0.25) is 0 Å². The predicted octanol–water partition coefficient (Wildman–Crippen LogP) is 13.3. The van der Waals surface area contributed by atoms with Gasteiger partial charge in [-0.05, 0) is 174 Å². The molecule has 2 aliphatic heterocycles. The van der Waals surface area contributed by atoms with Crippen LogP contribution < -0.4 is 0 Å². The summed E-state index contributed by atoms with van der Waals surface area (Å²) < 4.78 is 0.